The second-order valence-corrected chi connectivity index (χ2v) is 11.8. The third-order valence-electron chi connectivity index (χ3n) is 8.16. The maximum atomic E-state index is 13.5. The summed E-state index contributed by atoms with van der Waals surface area (Å²) in [5.74, 6) is 1.05. The van der Waals surface area contributed by atoms with Gasteiger partial charge < -0.3 is 14.2 Å². The Kier molecular flexibility index (Phi) is 9.18. The van der Waals surface area contributed by atoms with E-state index in [1.807, 2.05) is 47.2 Å². The van der Waals surface area contributed by atoms with Gasteiger partial charge in [0.1, 0.15) is 5.82 Å². The average molecular weight is 618 g/mol. The molecule has 0 spiro atoms. The van der Waals surface area contributed by atoms with Crippen molar-refractivity contribution < 1.29 is 9.68 Å². The molecule has 46 heavy (non-hydrogen) atoms. The van der Waals surface area contributed by atoms with Crippen LogP contribution in [0.15, 0.2) is 95.3 Å². The molecule has 0 aliphatic heterocycles. The molecule has 6 aromatic rings. The number of nitrogens with zero attached hydrogens (tertiary/aromatic N) is 7. The van der Waals surface area contributed by atoms with Gasteiger partial charge in [-0.05, 0) is 61.1 Å². The Bertz CT molecular complexity index is 2070. The van der Waals surface area contributed by atoms with Gasteiger partial charge in [-0.25, -0.2) is 4.79 Å². The standard InChI is InChI=1S/C28H28N6O2.C6H8BNO2/c1-18(2)10-13-32-24-14-19(20-4-3-11-29-15-20)5-8-22(24)27(35)31-26(32)17-33-25-16-30-12-9-23(25)34(28(33)36)21-6-7-21;1-10-7(9)6-3-2-4-8-5-6/h3-5,8-9,11-12,14-16,18,21H,6-7,10,13,17H2,1-2H3;2-5,9H,1H3. The lowest BCUT2D eigenvalue weighted by Gasteiger charge is -2.18. The summed E-state index contributed by atoms with van der Waals surface area (Å²) in [7, 11) is 0.589. The van der Waals surface area contributed by atoms with Crippen LogP contribution < -0.4 is 16.7 Å². The Balaban J connectivity index is 0.000000319. The minimum Gasteiger partial charge on any atom is -0.423 e. The Hall–Kier alpha value is -4.94. The van der Waals surface area contributed by atoms with Crippen molar-refractivity contribution in [2.24, 2.45) is 5.92 Å². The van der Waals surface area contributed by atoms with Gasteiger partial charge in [0.25, 0.3) is 5.56 Å². The lowest BCUT2D eigenvalue weighted by atomic mass is 9.81. The first kappa shape index (κ1) is 31.1. The molecule has 1 fully saturated rings. The van der Waals surface area contributed by atoms with Crippen LogP contribution in [0.5, 0.6) is 0 Å². The number of pyridine rings is 3. The first-order valence-corrected chi connectivity index (χ1v) is 15.4. The number of aromatic nitrogens is 7. The normalized spacial score (nSPS) is 12.8. The van der Waals surface area contributed by atoms with Gasteiger partial charge in [-0.2, -0.15) is 4.98 Å². The predicted molar refractivity (Wildman–Crippen MR) is 179 cm³/mol. The summed E-state index contributed by atoms with van der Waals surface area (Å²) in [6, 6.07) is 15.4. The highest BCUT2D eigenvalue weighted by Gasteiger charge is 2.29. The van der Waals surface area contributed by atoms with Gasteiger partial charge in [0, 0.05) is 61.7 Å². The summed E-state index contributed by atoms with van der Waals surface area (Å²) >= 11 is 0. The third-order valence-corrected chi connectivity index (χ3v) is 8.16. The second kappa shape index (κ2) is 13.6. The van der Waals surface area contributed by atoms with Crippen LogP contribution in [0.1, 0.15) is 45.0 Å². The van der Waals surface area contributed by atoms with Gasteiger partial charge >= 0.3 is 12.8 Å². The van der Waals surface area contributed by atoms with E-state index in [1.54, 1.807) is 47.7 Å². The molecule has 0 amide bonds. The fourth-order valence-electron chi connectivity index (χ4n) is 5.55. The Morgan fingerprint density at radius 2 is 1.65 bits per heavy atom. The largest absolute Gasteiger partial charge is 0.492 e. The van der Waals surface area contributed by atoms with Crippen molar-refractivity contribution in [3.05, 3.63) is 112 Å². The molecule has 1 N–H and O–H groups in total. The Morgan fingerprint density at radius 1 is 0.891 bits per heavy atom. The number of fused-ring (bicyclic) bond motifs is 2. The number of hydrogen-bond donors (Lipinski definition) is 1. The molecule has 0 atom stereocenters. The van der Waals surface area contributed by atoms with E-state index >= 15 is 0 Å². The maximum absolute atomic E-state index is 13.5. The van der Waals surface area contributed by atoms with E-state index in [0.29, 0.717) is 29.1 Å². The number of rotatable bonds is 9. The van der Waals surface area contributed by atoms with Crippen molar-refractivity contribution in [2.45, 2.75) is 52.2 Å². The summed E-state index contributed by atoms with van der Waals surface area (Å²) < 4.78 is 10.3. The molecule has 12 heteroatoms. The van der Waals surface area contributed by atoms with Gasteiger partial charge in [-0.1, -0.05) is 32.0 Å². The summed E-state index contributed by atoms with van der Waals surface area (Å²) in [5, 5.41) is 9.64. The summed E-state index contributed by atoms with van der Waals surface area (Å²) in [5.41, 5.74) is 4.75. The molecular formula is C34H36BN7O4. The highest BCUT2D eigenvalue weighted by molar-refractivity contribution is 6.59. The third kappa shape index (κ3) is 6.54. The molecule has 0 unspecified atom stereocenters. The van der Waals surface area contributed by atoms with Crippen LogP contribution in [0.3, 0.4) is 0 Å². The zero-order chi connectivity index (χ0) is 32.2. The molecule has 1 aromatic carbocycles. The first-order valence-electron chi connectivity index (χ1n) is 15.4. The number of benzene rings is 1. The molecule has 5 heterocycles. The zero-order valence-corrected chi connectivity index (χ0v) is 26.2. The quantitative estimate of drug-likeness (QED) is 0.243. The molecule has 1 saturated carbocycles. The highest BCUT2D eigenvalue weighted by Crippen LogP contribution is 2.36. The van der Waals surface area contributed by atoms with Crippen LogP contribution in [0.2, 0.25) is 0 Å². The van der Waals surface area contributed by atoms with Gasteiger partial charge in [0.15, 0.2) is 0 Å². The Morgan fingerprint density at radius 3 is 2.33 bits per heavy atom. The zero-order valence-electron chi connectivity index (χ0n) is 26.2. The van der Waals surface area contributed by atoms with E-state index in [2.05, 4.69) is 43.0 Å². The molecular weight excluding hydrogens is 581 g/mol. The van der Waals surface area contributed by atoms with Gasteiger partial charge in [-0.3, -0.25) is 28.9 Å². The van der Waals surface area contributed by atoms with Gasteiger partial charge in [0.2, 0.25) is 0 Å². The minimum absolute atomic E-state index is 0.0747. The van der Waals surface area contributed by atoms with Crippen molar-refractivity contribution in [3.63, 3.8) is 0 Å². The smallest absolute Gasteiger partial charge is 0.423 e. The van der Waals surface area contributed by atoms with E-state index in [-0.39, 0.29) is 23.8 Å². The van der Waals surface area contributed by atoms with Crippen LogP contribution in [0.25, 0.3) is 33.1 Å². The van der Waals surface area contributed by atoms with Crippen LogP contribution in [0.4, 0.5) is 0 Å². The van der Waals surface area contributed by atoms with Gasteiger partial charge in [0.05, 0.1) is 34.7 Å². The first-order chi connectivity index (χ1) is 22.4. The molecule has 7 rings (SSSR count). The lowest BCUT2D eigenvalue weighted by Crippen LogP contribution is -2.32. The molecule has 0 radical (unpaired) electrons. The SMILES string of the molecule is CC(C)CCn1c(Cn2c(=O)n(C3CC3)c3ccncc32)nc(=O)c2ccc(-c3cccnc3)cc21.COB(O)c1cccnc1. The summed E-state index contributed by atoms with van der Waals surface area (Å²) in [4.78, 5) is 43.5. The van der Waals surface area contributed by atoms with Crippen molar-refractivity contribution in [1.29, 1.82) is 0 Å². The number of aryl methyl sites for hydroxylation is 1. The second-order valence-electron chi connectivity index (χ2n) is 11.8. The molecule has 1 aliphatic rings. The van der Waals surface area contributed by atoms with Crippen LogP contribution in [0, 0.1) is 5.92 Å². The Labute approximate surface area is 266 Å². The van der Waals surface area contributed by atoms with E-state index in [9.17, 15) is 9.59 Å². The van der Waals surface area contributed by atoms with E-state index in [0.717, 1.165) is 46.9 Å². The average Bonchev–Trinajstić information content (AvgIpc) is 3.89. The molecule has 1 aliphatic carbocycles. The highest BCUT2D eigenvalue weighted by atomic mass is 16.5. The molecule has 5 aromatic heterocycles. The summed E-state index contributed by atoms with van der Waals surface area (Å²) in [6.07, 6.45) is 13.2. The van der Waals surface area contributed by atoms with Crippen molar-refractivity contribution in [1.82, 2.24) is 33.6 Å². The number of imidazole rings is 1. The van der Waals surface area contributed by atoms with E-state index in [1.165, 1.54) is 7.11 Å². The van der Waals surface area contributed by atoms with E-state index in [4.69, 9.17) is 5.02 Å². The van der Waals surface area contributed by atoms with Crippen molar-refractivity contribution in [3.8, 4) is 11.1 Å². The topological polar surface area (TPSA) is 130 Å². The van der Waals surface area contributed by atoms with Gasteiger partial charge in [-0.15, -0.1) is 0 Å². The molecule has 0 bridgehead atoms. The monoisotopic (exact) mass is 617 g/mol. The fraction of sp³-hybridized carbons (Fsp3) is 0.294. The number of hydrogen-bond acceptors (Lipinski definition) is 8. The van der Waals surface area contributed by atoms with Crippen molar-refractivity contribution in [2.75, 3.05) is 7.11 Å². The maximum Gasteiger partial charge on any atom is 0.492 e. The summed E-state index contributed by atoms with van der Waals surface area (Å²) in [6.45, 7) is 5.26. The van der Waals surface area contributed by atoms with Crippen LogP contribution >= 0.6 is 0 Å². The molecule has 0 saturated heterocycles. The van der Waals surface area contributed by atoms with E-state index < -0.39 is 7.12 Å². The van der Waals surface area contributed by atoms with Crippen LogP contribution in [-0.2, 0) is 17.7 Å². The van der Waals surface area contributed by atoms with Crippen molar-refractivity contribution >= 4 is 34.5 Å². The fourth-order valence-corrected chi connectivity index (χ4v) is 5.55. The molecule has 11 nitrogen and oxygen atoms in total. The lowest BCUT2D eigenvalue weighted by molar-refractivity contribution is 0.341. The molecule has 234 valence electrons. The predicted octanol–water partition coefficient (Wildman–Crippen LogP) is 3.81. The minimum atomic E-state index is -0.853. The van der Waals surface area contributed by atoms with Crippen LogP contribution in [-0.4, -0.2) is 52.9 Å².